The van der Waals surface area contributed by atoms with Crippen molar-refractivity contribution in [3.63, 3.8) is 0 Å². The third-order valence-corrected chi connectivity index (χ3v) is 2.51. The van der Waals surface area contributed by atoms with Crippen LogP contribution in [0.15, 0.2) is 30.5 Å². The standard InChI is InChI=1S/C13H12N2O4/c1-18-9-5-3-4-8(6-9)11-14-7-10(13(16)17)12(15-11)19-2/h3-7H,1-2H3,(H,16,17). The van der Waals surface area contributed by atoms with Crippen molar-refractivity contribution in [3.8, 4) is 23.0 Å². The number of carboxylic acids is 1. The Kier molecular flexibility index (Phi) is 3.61. The first kappa shape index (κ1) is 12.8. The average Bonchev–Trinajstić information content (AvgIpc) is 2.46. The van der Waals surface area contributed by atoms with Crippen LogP contribution in [0.25, 0.3) is 11.4 Å². The maximum absolute atomic E-state index is 10.9. The number of carboxylic acid groups (broad SMARTS) is 1. The number of hydrogen-bond acceptors (Lipinski definition) is 5. The minimum Gasteiger partial charge on any atom is -0.497 e. The molecule has 0 aliphatic heterocycles. The van der Waals surface area contributed by atoms with Crippen molar-refractivity contribution in [1.29, 1.82) is 0 Å². The maximum atomic E-state index is 10.9. The van der Waals surface area contributed by atoms with Gasteiger partial charge < -0.3 is 14.6 Å². The number of hydrogen-bond donors (Lipinski definition) is 1. The lowest BCUT2D eigenvalue weighted by molar-refractivity contribution is 0.0692. The molecular formula is C13H12N2O4. The van der Waals surface area contributed by atoms with Gasteiger partial charge in [0.2, 0.25) is 5.88 Å². The van der Waals surface area contributed by atoms with Crippen molar-refractivity contribution >= 4 is 5.97 Å². The smallest absolute Gasteiger partial charge is 0.342 e. The summed E-state index contributed by atoms with van der Waals surface area (Å²) in [6.07, 6.45) is 1.23. The first-order chi connectivity index (χ1) is 9.15. The summed E-state index contributed by atoms with van der Waals surface area (Å²) in [7, 11) is 2.93. The van der Waals surface area contributed by atoms with Gasteiger partial charge in [0, 0.05) is 11.8 Å². The number of carbonyl (C=O) groups is 1. The zero-order valence-corrected chi connectivity index (χ0v) is 10.5. The van der Waals surface area contributed by atoms with E-state index in [0.29, 0.717) is 11.6 Å². The number of ether oxygens (including phenoxy) is 2. The molecule has 1 heterocycles. The number of rotatable bonds is 4. The van der Waals surface area contributed by atoms with Gasteiger partial charge in [-0.15, -0.1) is 0 Å². The van der Waals surface area contributed by atoms with Gasteiger partial charge in [-0.05, 0) is 12.1 Å². The molecule has 0 atom stereocenters. The highest BCUT2D eigenvalue weighted by Gasteiger charge is 2.15. The quantitative estimate of drug-likeness (QED) is 0.903. The van der Waals surface area contributed by atoms with Crippen molar-refractivity contribution in [3.05, 3.63) is 36.0 Å². The van der Waals surface area contributed by atoms with Crippen LogP contribution >= 0.6 is 0 Å². The van der Waals surface area contributed by atoms with Crippen LogP contribution in [-0.4, -0.2) is 35.3 Å². The minimum absolute atomic E-state index is 0.0281. The zero-order chi connectivity index (χ0) is 13.8. The molecule has 0 amide bonds. The summed E-state index contributed by atoms with van der Waals surface area (Å²) in [5.41, 5.74) is 0.642. The summed E-state index contributed by atoms with van der Waals surface area (Å²) in [6.45, 7) is 0. The number of aromatic nitrogens is 2. The Morgan fingerprint density at radius 2 is 2.05 bits per heavy atom. The molecule has 1 aromatic heterocycles. The molecule has 0 spiro atoms. The van der Waals surface area contributed by atoms with Crippen LogP contribution in [0, 0.1) is 0 Å². The first-order valence-corrected chi connectivity index (χ1v) is 5.44. The van der Waals surface area contributed by atoms with Gasteiger partial charge in [0.15, 0.2) is 5.82 Å². The van der Waals surface area contributed by atoms with Crippen LogP contribution in [0.4, 0.5) is 0 Å². The van der Waals surface area contributed by atoms with Gasteiger partial charge in [-0.2, -0.15) is 4.98 Å². The van der Waals surface area contributed by atoms with E-state index in [1.165, 1.54) is 13.3 Å². The maximum Gasteiger partial charge on any atom is 0.342 e. The summed E-state index contributed by atoms with van der Waals surface area (Å²) in [5.74, 6) is -0.0579. The fraction of sp³-hybridized carbons (Fsp3) is 0.154. The Labute approximate surface area is 109 Å². The summed E-state index contributed by atoms with van der Waals surface area (Å²) in [4.78, 5) is 19.1. The summed E-state index contributed by atoms with van der Waals surface area (Å²) < 4.78 is 10.1. The molecule has 0 aliphatic carbocycles. The van der Waals surface area contributed by atoms with Crippen LogP contribution in [-0.2, 0) is 0 Å². The van der Waals surface area contributed by atoms with E-state index in [1.54, 1.807) is 31.4 Å². The molecule has 6 heteroatoms. The van der Waals surface area contributed by atoms with Gasteiger partial charge in [-0.1, -0.05) is 12.1 Å². The Hall–Kier alpha value is -2.63. The molecule has 0 aliphatic rings. The Morgan fingerprint density at radius 1 is 1.26 bits per heavy atom. The van der Waals surface area contributed by atoms with Gasteiger partial charge in [0.05, 0.1) is 14.2 Å². The number of methoxy groups -OCH3 is 2. The summed E-state index contributed by atoms with van der Waals surface area (Å²) in [5, 5.41) is 8.96. The molecule has 6 nitrogen and oxygen atoms in total. The molecule has 0 saturated carbocycles. The number of benzene rings is 1. The predicted molar refractivity (Wildman–Crippen MR) is 67.5 cm³/mol. The van der Waals surface area contributed by atoms with Gasteiger partial charge in [0.1, 0.15) is 11.3 Å². The van der Waals surface area contributed by atoms with Crippen molar-refractivity contribution in [2.24, 2.45) is 0 Å². The van der Waals surface area contributed by atoms with E-state index in [9.17, 15) is 4.79 Å². The Morgan fingerprint density at radius 3 is 2.68 bits per heavy atom. The highest BCUT2D eigenvalue weighted by Crippen LogP contribution is 2.23. The van der Waals surface area contributed by atoms with Crippen molar-refractivity contribution in [2.75, 3.05) is 14.2 Å². The molecule has 0 fully saturated rings. The summed E-state index contributed by atoms with van der Waals surface area (Å²) in [6, 6.07) is 7.16. The molecule has 2 rings (SSSR count). The van der Waals surface area contributed by atoms with E-state index in [2.05, 4.69) is 9.97 Å². The topological polar surface area (TPSA) is 81.5 Å². The molecule has 98 valence electrons. The van der Waals surface area contributed by atoms with E-state index in [0.717, 1.165) is 5.56 Å². The highest BCUT2D eigenvalue weighted by atomic mass is 16.5. The van der Waals surface area contributed by atoms with E-state index in [4.69, 9.17) is 14.6 Å². The van der Waals surface area contributed by atoms with Crippen molar-refractivity contribution < 1.29 is 19.4 Å². The lowest BCUT2D eigenvalue weighted by Crippen LogP contribution is -2.04. The molecule has 19 heavy (non-hydrogen) atoms. The third-order valence-electron chi connectivity index (χ3n) is 2.51. The Balaban J connectivity index is 2.48. The first-order valence-electron chi connectivity index (χ1n) is 5.44. The van der Waals surface area contributed by atoms with Gasteiger partial charge in [-0.25, -0.2) is 9.78 Å². The monoisotopic (exact) mass is 260 g/mol. The molecule has 1 aromatic carbocycles. The lowest BCUT2D eigenvalue weighted by Gasteiger charge is -2.07. The van der Waals surface area contributed by atoms with Crippen molar-refractivity contribution in [1.82, 2.24) is 9.97 Å². The van der Waals surface area contributed by atoms with Gasteiger partial charge in [-0.3, -0.25) is 0 Å². The molecule has 1 N–H and O–H groups in total. The third kappa shape index (κ3) is 2.62. The summed E-state index contributed by atoms with van der Waals surface area (Å²) >= 11 is 0. The van der Waals surface area contributed by atoms with Crippen LogP contribution in [0.5, 0.6) is 11.6 Å². The normalized spacial score (nSPS) is 10.0. The predicted octanol–water partition coefficient (Wildman–Crippen LogP) is 1.86. The van der Waals surface area contributed by atoms with E-state index < -0.39 is 5.97 Å². The number of nitrogens with zero attached hydrogens (tertiary/aromatic N) is 2. The van der Waals surface area contributed by atoms with E-state index >= 15 is 0 Å². The fourth-order valence-electron chi connectivity index (χ4n) is 1.57. The van der Waals surface area contributed by atoms with Crippen LogP contribution in [0.3, 0.4) is 0 Å². The second-order valence-corrected chi connectivity index (χ2v) is 3.65. The van der Waals surface area contributed by atoms with Gasteiger partial charge >= 0.3 is 5.97 Å². The zero-order valence-electron chi connectivity index (χ0n) is 10.5. The molecule has 0 radical (unpaired) electrons. The molecular weight excluding hydrogens is 248 g/mol. The molecule has 0 bridgehead atoms. The second-order valence-electron chi connectivity index (χ2n) is 3.65. The Bertz CT molecular complexity index is 613. The van der Waals surface area contributed by atoms with E-state index in [-0.39, 0.29) is 11.4 Å². The van der Waals surface area contributed by atoms with Crippen molar-refractivity contribution in [2.45, 2.75) is 0 Å². The van der Waals surface area contributed by atoms with Gasteiger partial charge in [0.25, 0.3) is 0 Å². The lowest BCUT2D eigenvalue weighted by atomic mass is 10.2. The highest BCUT2D eigenvalue weighted by molar-refractivity contribution is 5.90. The molecule has 0 saturated heterocycles. The average molecular weight is 260 g/mol. The SMILES string of the molecule is COc1cccc(-c2ncc(C(=O)O)c(OC)n2)c1. The largest absolute Gasteiger partial charge is 0.497 e. The second kappa shape index (κ2) is 5.34. The minimum atomic E-state index is -1.13. The fourth-order valence-corrected chi connectivity index (χ4v) is 1.57. The number of aromatic carboxylic acids is 1. The van der Waals surface area contributed by atoms with Crippen LogP contribution < -0.4 is 9.47 Å². The molecule has 0 unspecified atom stereocenters. The van der Waals surface area contributed by atoms with Crippen LogP contribution in [0.1, 0.15) is 10.4 Å². The van der Waals surface area contributed by atoms with Crippen LogP contribution in [0.2, 0.25) is 0 Å². The van der Waals surface area contributed by atoms with E-state index in [1.807, 2.05) is 0 Å². The molecule has 2 aromatic rings.